The number of nitrogens with one attached hydrogen (secondary N) is 1. The standard InChI is InChI=1S/C21H18N4O2/c1-14-21(15(2)25(24-14)16-8-4-3-5-9-16)23-19(26)12-13-20-22-17-10-6-7-11-18(17)27-20/h3-13H,1-2H3,(H,23,26)/b13-12+. The van der Waals surface area contributed by atoms with Gasteiger partial charge in [-0.05, 0) is 38.1 Å². The summed E-state index contributed by atoms with van der Waals surface area (Å²) in [7, 11) is 0. The second-order valence-electron chi connectivity index (χ2n) is 6.14. The molecule has 4 aromatic rings. The highest BCUT2D eigenvalue weighted by Gasteiger charge is 2.14. The van der Waals surface area contributed by atoms with E-state index < -0.39 is 0 Å². The highest BCUT2D eigenvalue weighted by Crippen LogP contribution is 2.23. The second kappa shape index (κ2) is 6.92. The summed E-state index contributed by atoms with van der Waals surface area (Å²) in [5.74, 6) is 0.121. The van der Waals surface area contributed by atoms with Gasteiger partial charge in [0.25, 0.3) is 0 Å². The number of oxazole rings is 1. The molecule has 0 spiro atoms. The first-order chi connectivity index (χ1) is 13.1. The number of benzene rings is 2. The van der Waals surface area contributed by atoms with Crippen molar-refractivity contribution in [2.45, 2.75) is 13.8 Å². The van der Waals surface area contributed by atoms with E-state index in [2.05, 4.69) is 15.4 Å². The van der Waals surface area contributed by atoms with E-state index in [9.17, 15) is 4.79 Å². The molecular weight excluding hydrogens is 340 g/mol. The van der Waals surface area contributed by atoms with Crippen LogP contribution in [0.4, 0.5) is 5.69 Å². The van der Waals surface area contributed by atoms with Crippen molar-refractivity contribution >= 4 is 28.8 Å². The number of carbonyl (C=O) groups excluding carboxylic acids is 1. The number of para-hydroxylation sites is 3. The van der Waals surface area contributed by atoms with Gasteiger partial charge in [0.15, 0.2) is 5.58 Å². The van der Waals surface area contributed by atoms with Gasteiger partial charge in [-0.3, -0.25) is 4.79 Å². The van der Waals surface area contributed by atoms with Gasteiger partial charge in [0, 0.05) is 12.2 Å². The first-order valence-corrected chi connectivity index (χ1v) is 8.58. The van der Waals surface area contributed by atoms with Crippen LogP contribution in [0.5, 0.6) is 0 Å². The normalized spacial score (nSPS) is 11.3. The fraction of sp³-hybridized carbons (Fsp3) is 0.0952. The van der Waals surface area contributed by atoms with Gasteiger partial charge in [0.1, 0.15) is 5.52 Å². The summed E-state index contributed by atoms with van der Waals surface area (Å²) in [5.41, 5.74) is 4.70. The van der Waals surface area contributed by atoms with Crippen molar-refractivity contribution in [2.24, 2.45) is 0 Å². The average molecular weight is 358 g/mol. The molecule has 1 N–H and O–H groups in total. The summed E-state index contributed by atoms with van der Waals surface area (Å²) >= 11 is 0. The topological polar surface area (TPSA) is 73.0 Å². The first kappa shape index (κ1) is 16.8. The highest BCUT2D eigenvalue weighted by atomic mass is 16.3. The summed E-state index contributed by atoms with van der Waals surface area (Å²) in [4.78, 5) is 16.7. The summed E-state index contributed by atoms with van der Waals surface area (Å²) in [6.07, 6.45) is 2.96. The molecule has 4 rings (SSSR count). The third-order valence-corrected chi connectivity index (χ3v) is 4.23. The Bertz CT molecular complexity index is 1110. The lowest BCUT2D eigenvalue weighted by molar-refractivity contribution is -0.111. The molecule has 6 nitrogen and oxygen atoms in total. The minimum absolute atomic E-state index is 0.268. The molecule has 0 saturated carbocycles. The molecule has 0 bridgehead atoms. The summed E-state index contributed by atoms with van der Waals surface area (Å²) in [5, 5.41) is 7.42. The lowest BCUT2D eigenvalue weighted by Crippen LogP contribution is -2.09. The van der Waals surface area contributed by atoms with Crippen LogP contribution in [0.1, 0.15) is 17.3 Å². The SMILES string of the molecule is Cc1nn(-c2ccccc2)c(C)c1NC(=O)/C=C/c1nc2ccccc2o1. The molecule has 1 amide bonds. The van der Waals surface area contributed by atoms with Gasteiger partial charge in [-0.15, -0.1) is 0 Å². The number of aryl methyl sites for hydroxylation is 1. The van der Waals surface area contributed by atoms with Crippen LogP contribution in [0.25, 0.3) is 22.9 Å². The molecular formula is C21H18N4O2. The average Bonchev–Trinajstić information content (AvgIpc) is 3.23. The van der Waals surface area contributed by atoms with E-state index >= 15 is 0 Å². The van der Waals surface area contributed by atoms with E-state index in [0.717, 1.165) is 22.6 Å². The first-order valence-electron chi connectivity index (χ1n) is 8.58. The Hall–Kier alpha value is -3.67. The summed E-state index contributed by atoms with van der Waals surface area (Å²) < 4.78 is 7.40. The third kappa shape index (κ3) is 3.37. The molecule has 0 atom stereocenters. The Morgan fingerprint density at radius 1 is 1.07 bits per heavy atom. The van der Waals surface area contributed by atoms with Crippen molar-refractivity contribution < 1.29 is 9.21 Å². The number of amides is 1. The molecule has 0 fully saturated rings. The van der Waals surface area contributed by atoms with Crippen molar-refractivity contribution in [3.8, 4) is 5.69 Å². The van der Waals surface area contributed by atoms with Crippen LogP contribution >= 0.6 is 0 Å². The Kier molecular flexibility index (Phi) is 4.30. The second-order valence-corrected chi connectivity index (χ2v) is 6.14. The van der Waals surface area contributed by atoms with Crippen LogP contribution in [0.3, 0.4) is 0 Å². The molecule has 0 unspecified atom stereocenters. The molecule has 2 aromatic heterocycles. The fourth-order valence-electron chi connectivity index (χ4n) is 2.92. The molecule has 134 valence electrons. The Balaban J connectivity index is 1.53. The zero-order valence-electron chi connectivity index (χ0n) is 15.0. The number of aromatic nitrogens is 3. The third-order valence-electron chi connectivity index (χ3n) is 4.23. The molecule has 0 aliphatic rings. The van der Waals surface area contributed by atoms with Gasteiger partial charge in [0.2, 0.25) is 11.8 Å². The lowest BCUT2D eigenvalue weighted by atomic mass is 10.3. The summed E-state index contributed by atoms with van der Waals surface area (Å²) in [6, 6.07) is 17.3. The lowest BCUT2D eigenvalue weighted by Gasteiger charge is -2.05. The van der Waals surface area contributed by atoms with E-state index in [0.29, 0.717) is 17.2 Å². The fourth-order valence-corrected chi connectivity index (χ4v) is 2.92. The van der Waals surface area contributed by atoms with Crippen LogP contribution in [0.2, 0.25) is 0 Å². The van der Waals surface area contributed by atoms with E-state index in [1.165, 1.54) is 6.08 Å². The number of fused-ring (bicyclic) bond motifs is 1. The van der Waals surface area contributed by atoms with Crippen molar-refractivity contribution in [1.29, 1.82) is 0 Å². The van der Waals surface area contributed by atoms with Crippen molar-refractivity contribution in [3.63, 3.8) is 0 Å². The zero-order valence-corrected chi connectivity index (χ0v) is 15.0. The molecule has 2 heterocycles. The van der Waals surface area contributed by atoms with Crippen molar-refractivity contribution in [2.75, 3.05) is 5.32 Å². The quantitative estimate of drug-likeness (QED) is 0.553. The maximum absolute atomic E-state index is 12.3. The molecule has 0 saturated heterocycles. The maximum Gasteiger partial charge on any atom is 0.248 e. The summed E-state index contributed by atoms with van der Waals surface area (Å²) in [6.45, 7) is 3.79. The smallest absolute Gasteiger partial charge is 0.248 e. The van der Waals surface area contributed by atoms with Gasteiger partial charge in [-0.1, -0.05) is 30.3 Å². The van der Waals surface area contributed by atoms with Crippen LogP contribution in [0, 0.1) is 13.8 Å². The van der Waals surface area contributed by atoms with E-state index in [1.54, 1.807) is 6.08 Å². The zero-order chi connectivity index (χ0) is 18.8. The Morgan fingerprint density at radius 2 is 1.81 bits per heavy atom. The number of carbonyl (C=O) groups is 1. The number of hydrogen-bond donors (Lipinski definition) is 1. The van der Waals surface area contributed by atoms with E-state index in [-0.39, 0.29) is 5.91 Å². The van der Waals surface area contributed by atoms with Gasteiger partial charge >= 0.3 is 0 Å². The van der Waals surface area contributed by atoms with Crippen LogP contribution in [0.15, 0.2) is 65.1 Å². The maximum atomic E-state index is 12.3. The number of nitrogens with zero attached hydrogens (tertiary/aromatic N) is 3. The van der Waals surface area contributed by atoms with Crippen LogP contribution in [-0.2, 0) is 4.79 Å². The molecule has 2 aromatic carbocycles. The van der Waals surface area contributed by atoms with Gasteiger partial charge in [-0.2, -0.15) is 5.10 Å². The highest BCUT2D eigenvalue weighted by molar-refractivity contribution is 6.02. The number of rotatable bonds is 4. The minimum Gasteiger partial charge on any atom is -0.437 e. The number of anilines is 1. The molecule has 6 heteroatoms. The Morgan fingerprint density at radius 3 is 2.59 bits per heavy atom. The number of hydrogen-bond acceptors (Lipinski definition) is 4. The van der Waals surface area contributed by atoms with Crippen LogP contribution < -0.4 is 5.32 Å². The molecule has 0 aliphatic heterocycles. The predicted octanol–water partition coefficient (Wildman–Crippen LogP) is 4.28. The van der Waals surface area contributed by atoms with E-state index in [4.69, 9.17) is 4.42 Å². The van der Waals surface area contributed by atoms with Gasteiger partial charge in [0.05, 0.1) is 22.8 Å². The Labute approximate surface area is 156 Å². The van der Waals surface area contributed by atoms with Crippen LogP contribution in [-0.4, -0.2) is 20.7 Å². The molecule has 27 heavy (non-hydrogen) atoms. The largest absolute Gasteiger partial charge is 0.437 e. The van der Waals surface area contributed by atoms with Crippen molar-refractivity contribution in [1.82, 2.24) is 14.8 Å². The van der Waals surface area contributed by atoms with E-state index in [1.807, 2.05) is 73.1 Å². The molecule has 0 aliphatic carbocycles. The van der Waals surface area contributed by atoms with Crippen molar-refractivity contribution in [3.05, 3.63) is 78.0 Å². The van der Waals surface area contributed by atoms with Gasteiger partial charge < -0.3 is 9.73 Å². The minimum atomic E-state index is -0.268. The van der Waals surface area contributed by atoms with Gasteiger partial charge in [-0.25, -0.2) is 9.67 Å². The predicted molar refractivity (Wildman–Crippen MR) is 105 cm³/mol. The molecule has 0 radical (unpaired) electrons. The monoisotopic (exact) mass is 358 g/mol.